The van der Waals surface area contributed by atoms with E-state index in [0.717, 1.165) is 5.70 Å². The molecule has 0 aromatic carbocycles. The molecule has 2 N–H and O–H groups in total. The molecule has 0 saturated heterocycles. The Bertz CT molecular complexity index is 176. The van der Waals surface area contributed by atoms with Crippen LogP contribution in [0.25, 0.3) is 0 Å². The molecule has 0 aromatic heterocycles. The molecule has 0 aliphatic carbocycles. The predicted molar refractivity (Wildman–Crippen MR) is 50.4 cm³/mol. The van der Waals surface area contributed by atoms with Crippen LogP contribution in [0.4, 0.5) is 0 Å². The summed E-state index contributed by atoms with van der Waals surface area (Å²) in [6.07, 6.45) is 7.22. The first-order chi connectivity index (χ1) is 5.22. The second kappa shape index (κ2) is 5.71. The molecular formula is C9H16N2. The van der Waals surface area contributed by atoms with Gasteiger partial charge in [0.1, 0.15) is 0 Å². The Kier molecular flexibility index (Phi) is 5.17. The van der Waals surface area contributed by atoms with Crippen LogP contribution in [-0.4, -0.2) is 6.34 Å². The minimum Gasteiger partial charge on any atom is -0.390 e. The van der Waals surface area contributed by atoms with E-state index in [4.69, 9.17) is 5.73 Å². The van der Waals surface area contributed by atoms with Crippen LogP contribution in [0.1, 0.15) is 20.8 Å². The normalized spacial score (nSPS) is 14.0. The third-order valence-electron chi connectivity index (χ3n) is 1.27. The first-order valence-corrected chi connectivity index (χ1v) is 3.79. The number of nitrogens with two attached hydrogens (primary N) is 1. The molecule has 0 amide bonds. The van der Waals surface area contributed by atoms with Gasteiger partial charge in [-0.15, -0.1) is 0 Å². The molecule has 11 heavy (non-hydrogen) atoms. The summed E-state index contributed by atoms with van der Waals surface area (Å²) in [5.74, 6) is 0.422. The molecule has 0 unspecified atom stereocenters. The molecule has 0 saturated carbocycles. The lowest BCUT2D eigenvalue weighted by Crippen LogP contribution is -1.95. The van der Waals surface area contributed by atoms with Crippen molar-refractivity contribution in [1.29, 1.82) is 0 Å². The average Bonchev–Trinajstić information content (AvgIpc) is 1.97. The number of aliphatic imine (C=N–C) groups is 1. The van der Waals surface area contributed by atoms with Gasteiger partial charge in [-0.2, -0.15) is 0 Å². The third-order valence-corrected chi connectivity index (χ3v) is 1.27. The van der Waals surface area contributed by atoms with Gasteiger partial charge in [-0.1, -0.05) is 26.0 Å². The minimum atomic E-state index is 0.422. The van der Waals surface area contributed by atoms with E-state index in [1.54, 1.807) is 0 Å². The van der Waals surface area contributed by atoms with Crippen molar-refractivity contribution in [3.05, 3.63) is 23.9 Å². The highest BCUT2D eigenvalue weighted by atomic mass is 14.8. The minimum absolute atomic E-state index is 0.422. The number of nitrogens with zero attached hydrogens (tertiary/aromatic N) is 1. The second-order valence-electron chi connectivity index (χ2n) is 2.55. The van der Waals surface area contributed by atoms with Gasteiger partial charge in [0.15, 0.2) is 0 Å². The summed E-state index contributed by atoms with van der Waals surface area (Å²) in [5.41, 5.74) is 6.19. The van der Waals surface area contributed by atoms with Crippen molar-refractivity contribution in [3.63, 3.8) is 0 Å². The number of hydrogen-bond donors (Lipinski definition) is 1. The van der Waals surface area contributed by atoms with Gasteiger partial charge in [-0.3, -0.25) is 0 Å². The largest absolute Gasteiger partial charge is 0.390 e. The molecule has 2 nitrogen and oxygen atoms in total. The van der Waals surface area contributed by atoms with Gasteiger partial charge in [0, 0.05) is 5.70 Å². The van der Waals surface area contributed by atoms with E-state index in [9.17, 15) is 0 Å². The first-order valence-electron chi connectivity index (χ1n) is 3.79. The van der Waals surface area contributed by atoms with Gasteiger partial charge >= 0.3 is 0 Å². The number of allylic oxidation sites excluding steroid dienone is 4. The Balaban J connectivity index is 4.32. The molecule has 0 heterocycles. The molecule has 0 spiro atoms. The Morgan fingerprint density at radius 2 is 2.09 bits per heavy atom. The number of rotatable bonds is 3. The van der Waals surface area contributed by atoms with Crippen molar-refractivity contribution in [2.24, 2.45) is 16.6 Å². The maximum Gasteiger partial charge on any atom is 0.0856 e. The second-order valence-corrected chi connectivity index (χ2v) is 2.55. The molecular weight excluding hydrogens is 136 g/mol. The zero-order chi connectivity index (χ0) is 8.69. The van der Waals surface area contributed by atoms with Crippen molar-refractivity contribution in [2.45, 2.75) is 20.8 Å². The van der Waals surface area contributed by atoms with Crippen molar-refractivity contribution < 1.29 is 0 Å². The van der Waals surface area contributed by atoms with E-state index in [2.05, 4.69) is 18.8 Å². The van der Waals surface area contributed by atoms with Crippen LogP contribution in [0.3, 0.4) is 0 Å². The summed E-state index contributed by atoms with van der Waals surface area (Å²) in [4.78, 5) is 4.02. The molecule has 0 aliphatic heterocycles. The fourth-order valence-electron chi connectivity index (χ4n) is 0.665. The van der Waals surface area contributed by atoms with E-state index in [0.29, 0.717) is 5.92 Å². The average molecular weight is 152 g/mol. The Hall–Kier alpha value is -1.05. The van der Waals surface area contributed by atoms with Gasteiger partial charge in [0.25, 0.3) is 0 Å². The highest BCUT2D eigenvalue weighted by molar-refractivity contribution is 5.53. The van der Waals surface area contributed by atoms with E-state index in [-0.39, 0.29) is 0 Å². The van der Waals surface area contributed by atoms with Crippen LogP contribution in [-0.2, 0) is 0 Å². The molecule has 0 atom stereocenters. The molecule has 0 fully saturated rings. The van der Waals surface area contributed by atoms with Crippen molar-refractivity contribution >= 4 is 6.34 Å². The zero-order valence-corrected chi connectivity index (χ0v) is 7.41. The van der Waals surface area contributed by atoms with Crippen LogP contribution in [0.2, 0.25) is 0 Å². The molecule has 2 heteroatoms. The van der Waals surface area contributed by atoms with E-state index < -0.39 is 0 Å². The van der Waals surface area contributed by atoms with E-state index in [1.165, 1.54) is 6.34 Å². The van der Waals surface area contributed by atoms with Gasteiger partial charge in [0.05, 0.1) is 6.34 Å². The Morgan fingerprint density at radius 3 is 2.45 bits per heavy atom. The van der Waals surface area contributed by atoms with Gasteiger partial charge in [-0.25, -0.2) is 4.99 Å². The molecule has 0 radical (unpaired) electrons. The van der Waals surface area contributed by atoms with Crippen LogP contribution in [0, 0.1) is 5.92 Å². The monoisotopic (exact) mass is 152 g/mol. The SMILES string of the molecule is CC=C/C=C(\N=CN)C(C)C. The smallest absolute Gasteiger partial charge is 0.0856 e. The summed E-state index contributed by atoms with van der Waals surface area (Å²) in [7, 11) is 0. The topological polar surface area (TPSA) is 38.4 Å². The summed E-state index contributed by atoms with van der Waals surface area (Å²) in [6.45, 7) is 6.14. The Morgan fingerprint density at radius 1 is 1.45 bits per heavy atom. The standard InChI is InChI=1S/C9H16N2/c1-4-5-6-9(8(2)3)11-7-10/h4-8H,1-3H3,(H2,10,11)/b5-4?,9-6-. The van der Waals surface area contributed by atoms with Crippen molar-refractivity contribution in [1.82, 2.24) is 0 Å². The molecule has 0 aromatic rings. The summed E-state index contributed by atoms with van der Waals surface area (Å²) >= 11 is 0. The first kappa shape index (κ1) is 9.95. The molecule has 0 aliphatic rings. The predicted octanol–water partition coefficient (Wildman–Crippen LogP) is 2.09. The van der Waals surface area contributed by atoms with Gasteiger partial charge in [0.2, 0.25) is 0 Å². The van der Waals surface area contributed by atoms with Crippen LogP contribution >= 0.6 is 0 Å². The van der Waals surface area contributed by atoms with Crippen molar-refractivity contribution in [3.8, 4) is 0 Å². The van der Waals surface area contributed by atoms with Crippen LogP contribution in [0.5, 0.6) is 0 Å². The van der Waals surface area contributed by atoms with E-state index >= 15 is 0 Å². The summed E-state index contributed by atoms with van der Waals surface area (Å²) < 4.78 is 0. The highest BCUT2D eigenvalue weighted by Crippen LogP contribution is 2.09. The maximum atomic E-state index is 5.18. The molecule has 0 rings (SSSR count). The summed E-state index contributed by atoms with van der Waals surface area (Å²) in [5, 5.41) is 0. The van der Waals surface area contributed by atoms with Gasteiger partial charge in [-0.05, 0) is 18.9 Å². The van der Waals surface area contributed by atoms with Gasteiger partial charge < -0.3 is 5.73 Å². The highest BCUT2D eigenvalue weighted by Gasteiger charge is 1.97. The quantitative estimate of drug-likeness (QED) is 0.375. The lowest BCUT2D eigenvalue weighted by molar-refractivity contribution is 0.759. The molecule has 0 bridgehead atoms. The number of hydrogen-bond acceptors (Lipinski definition) is 1. The van der Waals surface area contributed by atoms with E-state index in [1.807, 2.05) is 25.2 Å². The summed E-state index contributed by atoms with van der Waals surface area (Å²) in [6, 6.07) is 0. The fraction of sp³-hybridized carbons (Fsp3) is 0.444. The van der Waals surface area contributed by atoms with Crippen molar-refractivity contribution in [2.75, 3.05) is 0 Å². The van der Waals surface area contributed by atoms with Crippen LogP contribution in [0.15, 0.2) is 28.9 Å². The fourth-order valence-corrected chi connectivity index (χ4v) is 0.665. The lowest BCUT2D eigenvalue weighted by atomic mass is 10.1. The maximum absolute atomic E-state index is 5.18. The zero-order valence-electron chi connectivity index (χ0n) is 7.41. The third kappa shape index (κ3) is 4.37. The lowest BCUT2D eigenvalue weighted by Gasteiger charge is -2.02. The van der Waals surface area contributed by atoms with Crippen LogP contribution < -0.4 is 5.73 Å². The molecule has 62 valence electrons. The Labute approximate surface area is 68.5 Å².